The average molecular weight is 273 g/mol. The summed E-state index contributed by atoms with van der Waals surface area (Å²) in [5.74, 6) is 0. The summed E-state index contributed by atoms with van der Waals surface area (Å²) in [6.45, 7) is 0.984. The van der Waals surface area contributed by atoms with Gasteiger partial charge in [0.25, 0.3) is 0 Å². The Morgan fingerprint density at radius 2 is 1.67 bits per heavy atom. The third kappa shape index (κ3) is 2.45. The maximum absolute atomic E-state index is 3.69. The predicted molar refractivity (Wildman–Crippen MR) is 88.4 cm³/mol. The molecule has 0 fully saturated rings. The molecule has 1 N–H and O–H groups in total. The monoisotopic (exact) mass is 273 g/mol. The number of benzene rings is 3. The van der Waals surface area contributed by atoms with Crippen molar-refractivity contribution < 1.29 is 0 Å². The molecule has 0 radical (unpaired) electrons. The topological polar surface area (TPSA) is 12.0 Å². The van der Waals surface area contributed by atoms with Gasteiger partial charge in [-0.1, -0.05) is 66.7 Å². The van der Waals surface area contributed by atoms with E-state index in [9.17, 15) is 0 Å². The molecule has 0 amide bonds. The van der Waals surface area contributed by atoms with Crippen LogP contribution in [0.25, 0.3) is 10.8 Å². The van der Waals surface area contributed by atoms with Crippen molar-refractivity contribution in [1.29, 1.82) is 0 Å². The van der Waals surface area contributed by atoms with Crippen LogP contribution in [0.1, 0.15) is 16.7 Å². The van der Waals surface area contributed by atoms with Gasteiger partial charge in [0.1, 0.15) is 0 Å². The third-order valence-corrected chi connectivity index (χ3v) is 4.49. The summed E-state index contributed by atoms with van der Waals surface area (Å²) in [6, 6.07) is 24.6. The molecular formula is C20H19N. The van der Waals surface area contributed by atoms with E-state index in [1.165, 1.54) is 27.5 Å². The molecule has 1 aliphatic rings. The molecule has 3 aromatic carbocycles. The Balaban J connectivity index is 1.66. The lowest BCUT2D eigenvalue weighted by Crippen LogP contribution is -2.37. The van der Waals surface area contributed by atoms with E-state index in [1.807, 2.05) is 0 Å². The first-order chi connectivity index (χ1) is 10.4. The third-order valence-electron chi connectivity index (χ3n) is 4.49. The maximum atomic E-state index is 3.69. The quantitative estimate of drug-likeness (QED) is 0.741. The molecule has 0 aliphatic carbocycles. The molecule has 104 valence electrons. The Bertz CT molecular complexity index is 761. The standard InChI is InChI=1S/C20H19N/c1-2-6-15(7-3-1)12-18-13-20-17(14-21-18)11-10-16-8-4-5-9-19(16)20/h1-11,18,21H,12-14H2. The van der Waals surface area contributed by atoms with E-state index < -0.39 is 0 Å². The highest BCUT2D eigenvalue weighted by Gasteiger charge is 2.19. The van der Waals surface area contributed by atoms with Crippen LogP contribution in [0.15, 0.2) is 66.7 Å². The van der Waals surface area contributed by atoms with Gasteiger partial charge in [0.15, 0.2) is 0 Å². The predicted octanol–water partition coefficient (Wildman–Crippen LogP) is 4.10. The Morgan fingerprint density at radius 1 is 0.857 bits per heavy atom. The van der Waals surface area contributed by atoms with Crippen LogP contribution in [0.2, 0.25) is 0 Å². The molecule has 1 atom stereocenters. The lowest BCUT2D eigenvalue weighted by Gasteiger charge is -2.27. The van der Waals surface area contributed by atoms with Gasteiger partial charge >= 0.3 is 0 Å². The van der Waals surface area contributed by atoms with E-state index in [2.05, 4.69) is 72.0 Å². The van der Waals surface area contributed by atoms with E-state index in [4.69, 9.17) is 0 Å². The highest BCUT2D eigenvalue weighted by molar-refractivity contribution is 5.87. The minimum absolute atomic E-state index is 0.533. The fourth-order valence-electron chi connectivity index (χ4n) is 3.40. The summed E-state index contributed by atoms with van der Waals surface area (Å²) in [4.78, 5) is 0. The van der Waals surface area contributed by atoms with Gasteiger partial charge in [-0.2, -0.15) is 0 Å². The normalized spacial score (nSPS) is 17.6. The molecule has 0 bridgehead atoms. The second-order valence-electron chi connectivity index (χ2n) is 5.90. The largest absolute Gasteiger partial charge is 0.309 e. The minimum Gasteiger partial charge on any atom is -0.309 e. The van der Waals surface area contributed by atoms with E-state index >= 15 is 0 Å². The van der Waals surface area contributed by atoms with Crippen LogP contribution in [-0.4, -0.2) is 6.04 Å². The van der Waals surface area contributed by atoms with E-state index in [1.54, 1.807) is 0 Å². The van der Waals surface area contributed by atoms with Gasteiger partial charge in [0.2, 0.25) is 0 Å². The lowest BCUT2D eigenvalue weighted by atomic mass is 9.88. The average Bonchev–Trinajstić information content (AvgIpc) is 2.56. The van der Waals surface area contributed by atoms with Gasteiger partial charge in [0, 0.05) is 12.6 Å². The van der Waals surface area contributed by atoms with Crippen molar-refractivity contribution in [2.45, 2.75) is 25.4 Å². The first kappa shape index (κ1) is 12.6. The van der Waals surface area contributed by atoms with Crippen molar-refractivity contribution in [2.75, 3.05) is 0 Å². The van der Waals surface area contributed by atoms with Crippen molar-refractivity contribution in [3.8, 4) is 0 Å². The zero-order valence-corrected chi connectivity index (χ0v) is 12.0. The molecule has 1 nitrogen and oxygen atoms in total. The fourth-order valence-corrected chi connectivity index (χ4v) is 3.40. The molecule has 1 heterocycles. The molecule has 3 aromatic rings. The van der Waals surface area contributed by atoms with Crippen LogP contribution in [0.4, 0.5) is 0 Å². The Labute approximate surface area is 125 Å². The lowest BCUT2D eigenvalue weighted by molar-refractivity contribution is 0.479. The minimum atomic E-state index is 0.533. The van der Waals surface area contributed by atoms with Crippen molar-refractivity contribution in [2.24, 2.45) is 0 Å². The Morgan fingerprint density at radius 3 is 2.57 bits per heavy atom. The fraction of sp³-hybridized carbons (Fsp3) is 0.200. The van der Waals surface area contributed by atoms with E-state index in [0.717, 1.165) is 19.4 Å². The van der Waals surface area contributed by atoms with Gasteiger partial charge < -0.3 is 5.32 Å². The smallest absolute Gasteiger partial charge is 0.0211 e. The van der Waals surface area contributed by atoms with Gasteiger partial charge in [-0.05, 0) is 40.3 Å². The van der Waals surface area contributed by atoms with Gasteiger partial charge in [0.05, 0.1) is 0 Å². The molecule has 0 saturated carbocycles. The number of hydrogen-bond acceptors (Lipinski definition) is 1. The summed E-state index contributed by atoms with van der Waals surface area (Å²) in [5, 5.41) is 6.47. The van der Waals surface area contributed by atoms with Crippen LogP contribution >= 0.6 is 0 Å². The molecule has 21 heavy (non-hydrogen) atoms. The molecule has 1 unspecified atom stereocenters. The molecule has 0 spiro atoms. The van der Waals surface area contributed by atoms with E-state index in [0.29, 0.717) is 6.04 Å². The first-order valence-electron chi connectivity index (χ1n) is 7.67. The maximum Gasteiger partial charge on any atom is 0.0211 e. The SMILES string of the molecule is c1ccc(CC2Cc3c(ccc4ccccc34)CN2)cc1. The second kappa shape index (κ2) is 5.34. The van der Waals surface area contributed by atoms with Gasteiger partial charge in [-0.15, -0.1) is 0 Å². The number of nitrogens with one attached hydrogen (secondary N) is 1. The Hall–Kier alpha value is -2.12. The number of rotatable bonds is 2. The van der Waals surface area contributed by atoms with E-state index in [-0.39, 0.29) is 0 Å². The zero-order valence-electron chi connectivity index (χ0n) is 12.0. The van der Waals surface area contributed by atoms with Crippen molar-refractivity contribution in [3.05, 3.63) is 83.4 Å². The molecule has 0 saturated heterocycles. The summed E-state index contributed by atoms with van der Waals surface area (Å²) in [7, 11) is 0. The molecule has 0 aromatic heterocycles. The van der Waals surface area contributed by atoms with Crippen LogP contribution in [0.5, 0.6) is 0 Å². The summed E-state index contributed by atoms with van der Waals surface area (Å²) < 4.78 is 0. The number of fused-ring (bicyclic) bond motifs is 3. The van der Waals surface area contributed by atoms with Crippen molar-refractivity contribution >= 4 is 10.8 Å². The van der Waals surface area contributed by atoms with Gasteiger partial charge in [-0.3, -0.25) is 0 Å². The van der Waals surface area contributed by atoms with Gasteiger partial charge in [-0.25, -0.2) is 0 Å². The molecule has 1 aliphatic heterocycles. The molecule has 4 rings (SSSR count). The second-order valence-corrected chi connectivity index (χ2v) is 5.90. The highest BCUT2D eigenvalue weighted by Crippen LogP contribution is 2.27. The van der Waals surface area contributed by atoms with Crippen LogP contribution in [-0.2, 0) is 19.4 Å². The van der Waals surface area contributed by atoms with Crippen molar-refractivity contribution in [3.63, 3.8) is 0 Å². The van der Waals surface area contributed by atoms with Crippen LogP contribution in [0, 0.1) is 0 Å². The molecular weight excluding hydrogens is 254 g/mol. The highest BCUT2D eigenvalue weighted by atomic mass is 14.9. The zero-order chi connectivity index (χ0) is 14.1. The van der Waals surface area contributed by atoms with Crippen molar-refractivity contribution in [1.82, 2.24) is 5.32 Å². The van der Waals surface area contributed by atoms with Crippen LogP contribution in [0.3, 0.4) is 0 Å². The van der Waals surface area contributed by atoms with Crippen LogP contribution < -0.4 is 5.32 Å². The first-order valence-corrected chi connectivity index (χ1v) is 7.67. The summed E-state index contributed by atoms with van der Waals surface area (Å²) in [5.41, 5.74) is 4.41. The molecule has 1 heteroatoms. The summed E-state index contributed by atoms with van der Waals surface area (Å²) in [6.07, 6.45) is 2.22. The Kier molecular flexibility index (Phi) is 3.21. The summed E-state index contributed by atoms with van der Waals surface area (Å²) >= 11 is 0. The number of hydrogen-bond donors (Lipinski definition) is 1.